The second kappa shape index (κ2) is 3.86. The summed E-state index contributed by atoms with van der Waals surface area (Å²) in [6.45, 7) is -4.11. The van der Waals surface area contributed by atoms with Crippen molar-refractivity contribution in [3.63, 3.8) is 0 Å². The predicted molar refractivity (Wildman–Crippen MR) is 48.9 cm³/mol. The highest BCUT2D eigenvalue weighted by molar-refractivity contribution is 6.91. The first-order valence-electron chi connectivity index (χ1n) is 4.21. The van der Waals surface area contributed by atoms with Gasteiger partial charge in [-0.25, -0.2) is 0 Å². The molecule has 1 atom stereocenters. The first-order chi connectivity index (χ1) is 6.43. The van der Waals surface area contributed by atoms with Gasteiger partial charge in [0.1, 0.15) is 0 Å². The highest BCUT2D eigenvalue weighted by Gasteiger charge is 2.36. The molecule has 0 aliphatic rings. The fraction of sp³-hybridized carbons (Fsp3) is 0.222. The molecule has 0 bridgehead atoms. The van der Waals surface area contributed by atoms with Crippen LogP contribution in [0.25, 0.3) is 0 Å². The maximum atomic E-state index is 12.1. The van der Waals surface area contributed by atoms with Gasteiger partial charge in [0.25, 0.3) is 0 Å². The molecule has 0 amide bonds. The first-order valence-corrected chi connectivity index (χ1v) is 4.21. The lowest BCUT2D eigenvalue weighted by atomic mass is 9.74. The minimum Gasteiger partial charge on any atom is -0.443 e. The molecule has 0 N–H and O–H groups in total. The third kappa shape index (κ3) is 2.37. The summed E-state index contributed by atoms with van der Waals surface area (Å²) in [6, 6.07) is 7.96. The van der Waals surface area contributed by atoms with Crippen molar-refractivity contribution in [3.8, 4) is 0 Å². The van der Waals surface area contributed by atoms with Gasteiger partial charge < -0.3 is 17.7 Å². The maximum absolute atomic E-state index is 12.1. The van der Waals surface area contributed by atoms with E-state index in [0.29, 0.717) is 5.56 Å². The van der Waals surface area contributed by atoms with Gasteiger partial charge in [-0.2, -0.15) is 0 Å². The molecular weight excluding hydrogens is 192 g/mol. The Balaban J connectivity index is 2.87. The molecule has 0 spiro atoms. The van der Waals surface area contributed by atoms with E-state index in [9.17, 15) is 17.7 Å². The molecule has 0 fully saturated rings. The van der Waals surface area contributed by atoms with Crippen molar-refractivity contribution < 1.29 is 17.7 Å². The highest BCUT2D eigenvalue weighted by Crippen LogP contribution is 2.23. The molecule has 1 aromatic carbocycles. The third-order valence-corrected chi connectivity index (χ3v) is 2.05. The predicted octanol–water partition coefficient (Wildman–Crippen LogP) is 2.75. The van der Waals surface area contributed by atoms with Gasteiger partial charge in [0.2, 0.25) is 0 Å². The Morgan fingerprint density at radius 1 is 1.21 bits per heavy atom. The van der Waals surface area contributed by atoms with Crippen LogP contribution in [0.2, 0.25) is 0 Å². The molecule has 1 aromatic rings. The van der Waals surface area contributed by atoms with E-state index in [1.807, 2.05) is 0 Å². The van der Waals surface area contributed by atoms with Gasteiger partial charge in [-0.05, 0) is 5.56 Å². The van der Waals surface area contributed by atoms with Gasteiger partial charge in [-0.1, -0.05) is 37.3 Å². The lowest BCUT2D eigenvalue weighted by molar-refractivity contribution is -0.115. The summed E-state index contributed by atoms with van der Waals surface area (Å²) in [5.74, 6) is -1.10. The van der Waals surface area contributed by atoms with E-state index in [2.05, 4.69) is 0 Å². The van der Waals surface area contributed by atoms with Gasteiger partial charge >= 0.3 is 6.98 Å². The van der Waals surface area contributed by atoms with E-state index in [0.717, 1.165) is 0 Å². The zero-order chi connectivity index (χ0) is 10.8. The van der Waals surface area contributed by atoms with E-state index >= 15 is 0 Å². The molecule has 0 aromatic heterocycles. The Labute approximate surface area is 80.0 Å². The minimum atomic E-state index is -5.38. The first kappa shape index (κ1) is 10.8. The minimum absolute atomic E-state index is 0.400. The number of hydrogen-bond acceptors (Lipinski definition) is 1. The van der Waals surface area contributed by atoms with E-state index < -0.39 is 18.6 Å². The third-order valence-electron chi connectivity index (χ3n) is 2.05. The van der Waals surface area contributed by atoms with Gasteiger partial charge in [-0.3, -0.25) is 0 Å². The molecule has 5 heteroatoms. The van der Waals surface area contributed by atoms with Crippen LogP contribution in [0.4, 0.5) is 12.9 Å². The number of carbonyl (C=O) groups excluding carboxylic acids is 1. The van der Waals surface area contributed by atoms with Crippen LogP contribution >= 0.6 is 0 Å². The Kier molecular flexibility index (Phi) is 2.98. The molecule has 1 rings (SSSR count). The van der Waals surface area contributed by atoms with Crippen LogP contribution in [0.5, 0.6) is 0 Å². The van der Waals surface area contributed by atoms with E-state index in [-0.39, 0.29) is 0 Å². The number of carbonyl (C=O) groups is 1. The summed E-state index contributed by atoms with van der Waals surface area (Å²) in [6.07, 6.45) is 0. The molecule has 0 radical (unpaired) electrons. The number of rotatable bonds is 3. The fourth-order valence-electron chi connectivity index (χ4n) is 1.19. The summed E-state index contributed by atoms with van der Waals surface area (Å²) >= 11 is 0. The molecular formula is C9H9BF3O-. The maximum Gasteiger partial charge on any atom is 0.545 e. The average molecular weight is 201 g/mol. The lowest BCUT2D eigenvalue weighted by Crippen LogP contribution is -2.33. The van der Waals surface area contributed by atoms with Crippen molar-refractivity contribution in [1.29, 1.82) is 0 Å². The van der Waals surface area contributed by atoms with Crippen molar-refractivity contribution in [1.82, 2.24) is 0 Å². The summed E-state index contributed by atoms with van der Waals surface area (Å²) in [7, 11) is 0. The molecule has 14 heavy (non-hydrogen) atoms. The van der Waals surface area contributed by atoms with Crippen LogP contribution in [-0.2, 0) is 4.79 Å². The second-order valence-corrected chi connectivity index (χ2v) is 3.11. The molecule has 76 valence electrons. The fourth-order valence-corrected chi connectivity index (χ4v) is 1.19. The number of benzene rings is 1. The van der Waals surface area contributed by atoms with Crippen molar-refractivity contribution >= 4 is 12.7 Å². The molecule has 0 heterocycles. The van der Waals surface area contributed by atoms with Crippen LogP contribution in [0.1, 0.15) is 18.4 Å². The Morgan fingerprint density at radius 3 is 2.14 bits per heavy atom. The van der Waals surface area contributed by atoms with E-state index in [4.69, 9.17) is 0 Å². The Morgan fingerprint density at radius 2 is 1.71 bits per heavy atom. The lowest BCUT2D eigenvalue weighted by Gasteiger charge is -2.18. The second-order valence-electron chi connectivity index (χ2n) is 3.11. The van der Waals surface area contributed by atoms with Crippen LogP contribution in [0.3, 0.4) is 0 Å². The van der Waals surface area contributed by atoms with Gasteiger partial charge in [0, 0.05) is 5.92 Å². The van der Waals surface area contributed by atoms with Crippen molar-refractivity contribution in [2.45, 2.75) is 12.8 Å². The SMILES string of the molecule is CC(C(=O)[B-](F)(F)F)c1ccccc1. The molecule has 0 aliphatic carbocycles. The van der Waals surface area contributed by atoms with Crippen LogP contribution < -0.4 is 0 Å². The largest absolute Gasteiger partial charge is 0.545 e. The number of halogens is 3. The normalized spacial score (nSPS) is 13.7. The molecule has 0 aliphatic heterocycles. The zero-order valence-corrected chi connectivity index (χ0v) is 7.58. The molecule has 1 unspecified atom stereocenters. The topological polar surface area (TPSA) is 17.1 Å². The summed E-state index contributed by atoms with van der Waals surface area (Å²) < 4.78 is 36.3. The van der Waals surface area contributed by atoms with E-state index in [1.54, 1.807) is 18.2 Å². The Bertz CT molecular complexity index is 321. The smallest absolute Gasteiger partial charge is 0.443 e. The Hall–Kier alpha value is -1.26. The van der Waals surface area contributed by atoms with E-state index in [1.165, 1.54) is 19.1 Å². The van der Waals surface area contributed by atoms with Gasteiger partial charge in [0.15, 0.2) is 0 Å². The summed E-state index contributed by atoms with van der Waals surface area (Å²) in [5.41, 5.74) is -1.24. The van der Waals surface area contributed by atoms with Crippen LogP contribution in [0.15, 0.2) is 30.3 Å². The molecule has 1 nitrogen and oxygen atoms in total. The van der Waals surface area contributed by atoms with Crippen molar-refractivity contribution in [2.75, 3.05) is 0 Å². The van der Waals surface area contributed by atoms with Crippen LogP contribution in [-0.4, -0.2) is 12.7 Å². The quantitative estimate of drug-likeness (QED) is 0.687. The van der Waals surface area contributed by atoms with Crippen molar-refractivity contribution in [2.24, 2.45) is 0 Å². The summed E-state index contributed by atoms with van der Waals surface area (Å²) in [5, 5.41) is 0. The average Bonchev–Trinajstić information content (AvgIpc) is 2.15. The van der Waals surface area contributed by atoms with Crippen LogP contribution in [0, 0.1) is 0 Å². The monoisotopic (exact) mass is 201 g/mol. The standard InChI is InChI=1S/C9H9BF3O/c1-7(9(14)10(11,12)13)8-5-3-2-4-6-8/h2-7H,1H3/q-1. The van der Waals surface area contributed by atoms with Crippen molar-refractivity contribution in [3.05, 3.63) is 35.9 Å². The zero-order valence-electron chi connectivity index (χ0n) is 7.58. The highest BCUT2D eigenvalue weighted by atomic mass is 19.4. The molecule has 0 saturated heterocycles. The van der Waals surface area contributed by atoms with Gasteiger partial charge in [0.05, 0.1) is 5.68 Å². The number of hydrogen-bond donors (Lipinski definition) is 0. The summed E-state index contributed by atoms with van der Waals surface area (Å²) in [4.78, 5) is 10.9. The molecule has 0 saturated carbocycles. The van der Waals surface area contributed by atoms with Gasteiger partial charge in [-0.15, -0.1) is 0 Å².